The summed E-state index contributed by atoms with van der Waals surface area (Å²) in [5.74, 6) is 1.78. The minimum atomic E-state index is -0.123. The third-order valence-electron chi connectivity index (χ3n) is 8.42. The first-order valence-corrected chi connectivity index (χ1v) is 13.7. The standard InChI is InChI=1S/C30H37N5O2/c1-18(2)35-23-10-11-24(35)17-22(16-23)32-30(36)31-21-9-13-25-20(15-21)8-14-28(33-25)34-26-12-7-19-5-4-6-27(37-3)29(19)26/h4-6,8-9,13-15,18,22-24,26H,7,10-12,16-17H2,1-3H3,(H,33,34)(H2,31,32,36)/t22?,23-,24+,26?. The lowest BCUT2D eigenvalue weighted by Gasteiger charge is -2.41. The van der Waals surface area contributed by atoms with Gasteiger partial charge in [-0.1, -0.05) is 12.1 Å². The Morgan fingerprint density at radius 1 is 1.05 bits per heavy atom. The van der Waals surface area contributed by atoms with Crippen LogP contribution in [0.15, 0.2) is 48.5 Å². The van der Waals surface area contributed by atoms with Gasteiger partial charge in [-0.15, -0.1) is 0 Å². The van der Waals surface area contributed by atoms with E-state index in [1.165, 1.54) is 24.0 Å². The fraction of sp³-hybridized carbons (Fsp3) is 0.467. The van der Waals surface area contributed by atoms with Crippen LogP contribution in [-0.2, 0) is 6.42 Å². The maximum atomic E-state index is 12.8. The van der Waals surface area contributed by atoms with Crippen LogP contribution in [0.5, 0.6) is 5.75 Å². The maximum absolute atomic E-state index is 12.8. The molecule has 37 heavy (non-hydrogen) atoms. The van der Waals surface area contributed by atoms with Crippen LogP contribution in [-0.4, -0.2) is 47.2 Å². The second-order valence-electron chi connectivity index (χ2n) is 11.1. The Labute approximate surface area is 219 Å². The predicted octanol–water partition coefficient (Wildman–Crippen LogP) is 5.87. The first kappa shape index (κ1) is 24.0. The van der Waals surface area contributed by atoms with Gasteiger partial charge in [-0.05, 0) is 94.3 Å². The van der Waals surface area contributed by atoms with Crippen LogP contribution in [0.25, 0.3) is 10.9 Å². The average Bonchev–Trinajstić information content (AvgIpc) is 3.42. The highest BCUT2D eigenvalue weighted by Gasteiger charge is 2.42. The van der Waals surface area contributed by atoms with E-state index in [1.54, 1.807) is 7.11 Å². The van der Waals surface area contributed by atoms with Gasteiger partial charge in [-0.3, -0.25) is 4.90 Å². The highest BCUT2D eigenvalue weighted by Crippen LogP contribution is 2.40. The number of urea groups is 1. The number of aryl methyl sites for hydroxylation is 1. The van der Waals surface area contributed by atoms with Gasteiger partial charge >= 0.3 is 6.03 Å². The number of hydrogen-bond acceptors (Lipinski definition) is 5. The Balaban J connectivity index is 1.09. The molecule has 2 amide bonds. The molecule has 4 atom stereocenters. The van der Waals surface area contributed by atoms with Crippen LogP contribution < -0.4 is 20.7 Å². The Hall–Kier alpha value is -3.32. The molecule has 2 fully saturated rings. The van der Waals surface area contributed by atoms with E-state index in [2.05, 4.69) is 52.9 Å². The number of aromatic nitrogens is 1. The van der Waals surface area contributed by atoms with Gasteiger partial charge in [0.15, 0.2) is 0 Å². The number of carbonyl (C=O) groups is 1. The van der Waals surface area contributed by atoms with Gasteiger partial charge in [-0.2, -0.15) is 0 Å². The van der Waals surface area contributed by atoms with E-state index < -0.39 is 0 Å². The zero-order chi connectivity index (χ0) is 25.5. The van der Waals surface area contributed by atoms with Gasteiger partial charge in [0, 0.05) is 40.8 Å². The molecule has 2 saturated heterocycles. The lowest BCUT2D eigenvalue weighted by atomic mass is 9.96. The molecule has 1 aliphatic carbocycles. The Kier molecular flexibility index (Phi) is 6.41. The zero-order valence-corrected chi connectivity index (χ0v) is 22.0. The van der Waals surface area contributed by atoms with Crippen molar-refractivity contribution in [3.63, 3.8) is 0 Å². The predicted molar refractivity (Wildman–Crippen MR) is 148 cm³/mol. The summed E-state index contributed by atoms with van der Waals surface area (Å²) in [7, 11) is 1.73. The number of nitrogens with zero attached hydrogens (tertiary/aromatic N) is 2. The number of carbonyl (C=O) groups excluding carboxylic acids is 1. The van der Waals surface area contributed by atoms with E-state index in [0.29, 0.717) is 18.1 Å². The SMILES string of the molecule is COc1cccc2c1C(Nc1ccc3cc(NC(=O)NC4C[C@H]5CC[C@@H](C4)N5C(C)C)ccc3n1)CC2. The fourth-order valence-corrected chi connectivity index (χ4v) is 6.96. The van der Waals surface area contributed by atoms with Crippen LogP contribution in [0.3, 0.4) is 0 Å². The second kappa shape index (κ2) is 9.86. The molecule has 194 valence electrons. The van der Waals surface area contributed by atoms with Crippen LogP contribution in [0, 0.1) is 0 Å². The smallest absolute Gasteiger partial charge is 0.319 e. The van der Waals surface area contributed by atoms with E-state index in [-0.39, 0.29) is 18.1 Å². The molecule has 2 aromatic carbocycles. The van der Waals surface area contributed by atoms with Crippen molar-refractivity contribution in [2.45, 2.75) is 82.6 Å². The zero-order valence-electron chi connectivity index (χ0n) is 22.0. The number of anilines is 2. The molecule has 2 unspecified atom stereocenters. The van der Waals surface area contributed by atoms with Crippen molar-refractivity contribution in [3.05, 3.63) is 59.7 Å². The van der Waals surface area contributed by atoms with Crippen LogP contribution in [0.1, 0.15) is 63.1 Å². The normalized spacial score (nSPS) is 24.8. The molecular formula is C30H37N5O2. The molecule has 2 bridgehead atoms. The maximum Gasteiger partial charge on any atom is 0.319 e. The molecule has 0 spiro atoms. The summed E-state index contributed by atoms with van der Waals surface area (Å²) in [6.07, 6.45) is 6.63. The summed E-state index contributed by atoms with van der Waals surface area (Å²) in [4.78, 5) is 20.3. The summed E-state index contributed by atoms with van der Waals surface area (Å²) in [5.41, 5.74) is 4.25. The molecule has 3 aromatic rings. The fourth-order valence-electron chi connectivity index (χ4n) is 6.96. The van der Waals surface area contributed by atoms with Gasteiger partial charge in [0.25, 0.3) is 0 Å². The lowest BCUT2D eigenvalue weighted by molar-refractivity contribution is 0.0876. The first-order valence-electron chi connectivity index (χ1n) is 13.7. The molecule has 6 rings (SSSR count). The number of amides is 2. The van der Waals surface area contributed by atoms with Crippen molar-refractivity contribution < 1.29 is 9.53 Å². The lowest BCUT2D eigenvalue weighted by Crippen LogP contribution is -2.53. The minimum absolute atomic E-state index is 0.123. The monoisotopic (exact) mass is 499 g/mol. The molecule has 3 heterocycles. The van der Waals surface area contributed by atoms with Crippen molar-refractivity contribution in [3.8, 4) is 5.75 Å². The number of nitrogens with one attached hydrogen (secondary N) is 3. The molecule has 3 N–H and O–H groups in total. The second-order valence-corrected chi connectivity index (χ2v) is 11.1. The average molecular weight is 500 g/mol. The molecule has 7 nitrogen and oxygen atoms in total. The highest BCUT2D eigenvalue weighted by molar-refractivity contribution is 5.93. The molecule has 3 aliphatic rings. The first-order chi connectivity index (χ1) is 18.0. The minimum Gasteiger partial charge on any atom is -0.496 e. The molecule has 1 aromatic heterocycles. The van der Waals surface area contributed by atoms with E-state index in [1.807, 2.05) is 30.3 Å². The number of ether oxygens (including phenoxy) is 1. The van der Waals surface area contributed by atoms with Gasteiger partial charge in [-0.25, -0.2) is 9.78 Å². The van der Waals surface area contributed by atoms with Gasteiger partial charge in [0.1, 0.15) is 11.6 Å². The molecule has 2 aliphatic heterocycles. The van der Waals surface area contributed by atoms with Crippen molar-refractivity contribution in [1.29, 1.82) is 0 Å². The Bertz CT molecular complexity index is 1290. The highest BCUT2D eigenvalue weighted by atomic mass is 16.5. The molecule has 0 radical (unpaired) electrons. The third kappa shape index (κ3) is 4.73. The van der Waals surface area contributed by atoms with Crippen LogP contribution in [0.4, 0.5) is 16.3 Å². The van der Waals surface area contributed by atoms with E-state index >= 15 is 0 Å². The summed E-state index contributed by atoms with van der Waals surface area (Å²) >= 11 is 0. The number of piperidine rings is 1. The Morgan fingerprint density at radius 2 is 1.86 bits per heavy atom. The summed E-state index contributed by atoms with van der Waals surface area (Å²) in [6.45, 7) is 4.56. The number of fused-ring (bicyclic) bond motifs is 4. The molecule has 7 heteroatoms. The van der Waals surface area contributed by atoms with E-state index in [0.717, 1.165) is 53.8 Å². The Morgan fingerprint density at radius 3 is 2.62 bits per heavy atom. The van der Waals surface area contributed by atoms with E-state index in [9.17, 15) is 4.79 Å². The summed E-state index contributed by atoms with van der Waals surface area (Å²) in [5, 5.41) is 10.9. The largest absolute Gasteiger partial charge is 0.496 e. The van der Waals surface area contributed by atoms with Gasteiger partial charge < -0.3 is 20.7 Å². The quantitative estimate of drug-likeness (QED) is 0.395. The number of rotatable bonds is 6. The van der Waals surface area contributed by atoms with Crippen molar-refractivity contribution in [2.24, 2.45) is 0 Å². The van der Waals surface area contributed by atoms with Crippen LogP contribution in [0.2, 0.25) is 0 Å². The third-order valence-corrected chi connectivity index (χ3v) is 8.42. The number of benzene rings is 2. The summed E-state index contributed by atoms with van der Waals surface area (Å²) < 4.78 is 5.61. The molecule has 0 saturated carbocycles. The number of methoxy groups -OCH3 is 1. The van der Waals surface area contributed by atoms with Gasteiger partial charge in [0.2, 0.25) is 0 Å². The summed E-state index contributed by atoms with van der Waals surface area (Å²) in [6, 6.07) is 18.3. The van der Waals surface area contributed by atoms with E-state index in [4.69, 9.17) is 9.72 Å². The van der Waals surface area contributed by atoms with Crippen molar-refractivity contribution in [1.82, 2.24) is 15.2 Å². The number of pyridine rings is 1. The molecular weight excluding hydrogens is 462 g/mol. The van der Waals surface area contributed by atoms with Crippen molar-refractivity contribution in [2.75, 3.05) is 17.7 Å². The number of hydrogen-bond donors (Lipinski definition) is 3. The van der Waals surface area contributed by atoms with Crippen molar-refractivity contribution >= 4 is 28.4 Å². The topological polar surface area (TPSA) is 78.5 Å². The van der Waals surface area contributed by atoms with Gasteiger partial charge in [0.05, 0.1) is 18.7 Å². The van der Waals surface area contributed by atoms with Crippen LogP contribution >= 0.6 is 0 Å².